The Morgan fingerprint density at radius 3 is 2.65 bits per heavy atom. The lowest BCUT2D eigenvalue weighted by molar-refractivity contribution is 0.0138. The second-order valence-corrected chi connectivity index (χ2v) is 9.06. The number of carbonyl (C=O) groups excluding carboxylic acids is 1. The van der Waals surface area contributed by atoms with Crippen LogP contribution in [0.25, 0.3) is 22.3 Å². The molecule has 0 saturated carbocycles. The molecule has 1 aliphatic heterocycles. The highest BCUT2D eigenvalue weighted by molar-refractivity contribution is 6.35. The third kappa shape index (κ3) is 5.14. The number of pyridine rings is 2. The number of aromatic amines is 1. The molecular formula is C22H25ClFN5O2. The minimum atomic E-state index is -0.544. The Labute approximate surface area is 185 Å². The molecule has 9 heteroatoms. The molecule has 0 aromatic carbocycles. The summed E-state index contributed by atoms with van der Waals surface area (Å²) in [6.45, 7) is 8.50. The van der Waals surface area contributed by atoms with Gasteiger partial charge in [0.15, 0.2) is 0 Å². The summed E-state index contributed by atoms with van der Waals surface area (Å²) in [6.07, 6.45) is 1.32. The van der Waals surface area contributed by atoms with Crippen LogP contribution >= 0.6 is 11.6 Å². The molecule has 1 N–H and O–H groups in total. The standard InChI is InChI=1S/C22H25ClFN5O2/c1-22(2,3)31-21(30)29-8-6-28(7-9-29)13-15-10-14(11-19(24)26-15)18-12-16-17(23)4-5-25-20(16)27-18/h4-5,10-12H,6-9,13H2,1-3H3,(H,25,27). The smallest absolute Gasteiger partial charge is 0.410 e. The fraction of sp³-hybridized carbons (Fsp3) is 0.409. The van der Waals surface area contributed by atoms with Crippen LogP contribution in [-0.4, -0.2) is 62.6 Å². The molecule has 3 aromatic heterocycles. The van der Waals surface area contributed by atoms with Crippen molar-refractivity contribution >= 4 is 28.7 Å². The number of carbonyl (C=O) groups is 1. The van der Waals surface area contributed by atoms with E-state index >= 15 is 0 Å². The summed E-state index contributed by atoms with van der Waals surface area (Å²) in [5.74, 6) is -0.544. The van der Waals surface area contributed by atoms with Crippen molar-refractivity contribution in [2.75, 3.05) is 26.2 Å². The fourth-order valence-electron chi connectivity index (χ4n) is 3.58. The normalized spacial score (nSPS) is 15.5. The predicted octanol–water partition coefficient (Wildman–Crippen LogP) is 4.47. The molecule has 0 atom stereocenters. The minimum Gasteiger partial charge on any atom is -0.444 e. The van der Waals surface area contributed by atoms with Crippen LogP contribution < -0.4 is 0 Å². The molecular weight excluding hydrogens is 421 g/mol. The maximum Gasteiger partial charge on any atom is 0.410 e. The van der Waals surface area contributed by atoms with Gasteiger partial charge in [-0.05, 0) is 39.0 Å². The molecule has 0 radical (unpaired) electrons. The molecule has 0 spiro atoms. The van der Waals surface area contributed by atoms with Gasteiger partial charge in [-0.15, -0.1) is 0 Å². The van der Waals surface area contributed by atoms with E-state index in [1.165, 1.54) is 6.07 Å². The van der Waals surface area contributed by atoms with E-state index in [-0.39, 0.29) is 6.09 Å². The zero-order valence-corrected chi connectivity index (χ0v) is 18.5. The summed E-state index contributed by atoms with van der Waals surface area (Å²) in [7, 11) is 0. The largest absolute Gasteiger partial charge is 0.444 e. The number of halogens is 2. The van der Waals surface area contributed by atoms with Crippen molar-refractivity contribution in [3.8, 4) is 11.3 Å². The van der Waals surface area contributed by atoms with Crippen molar-refractivity contribution < 1.29 is 13.9 Å². The van der Waals surface area contributed by atoms with E-state index < -0.39 is 11.5 Å². The zero-order valence-electron chi connectivity index (χ0n) is 17.8. The number of H-pyrrole nitrogens is 1. The molecule has 0 bridgehead atoms. The number of hydrogen-bond donors (Lipinski definition) is 1. The Bertz CT molecular complexity index is 1100. The van der Waals surface area contributed by atoms with Gasteiger partial charge in [-0.25, -0.2) is 14.8 Å². The first-order chi connectivity index (χ1) is 14.7. The number of nitrogens with one attached hydrogen (secondary N) is 1. The fourth-order valence-corrected chi connectivity index (χ4v) is 3.78. The first-order valence-electron chi connectivity index (χ1n) is 10.2. The van der Waals surface area contributed by atoms with Crippen molar-refractivity contribution in [2.24, 2.45) is 0 Å². The molecule has 4 heterocycles. The minimum absolute atomic E-state index is 0.301. The molecule has 1 aliphatic rings. The van der Waals surface area contributed by atoms with Crippen molar-refractivity contribution in [1.29, 1.82) is 0 Å². The second kappa shape index (κ2) is 8.43. The van der Waals surface area contributed by atoms with Crippen molar-refractivity contribution in [3.05, 3.63) is 47.1 Å². The Kier molecular flexibility index (Phi) is 5.85. The van der Waals surface area contributed by atoms with E-state index in [0.717, 1.165) is 11.1 Å². The molecule has 7 nitrogen and oxygen atoms in total. The SMILES string of the molecule is CC(C)(C)OC(=O)N1CCN(Cc2cc(-c3cc4c(Cl)ccnc4[nH]3)cc(F)n2)CC1. The third-order valence-electron chi connectivity index (χ3n) is 5.05. The van der Waals surface area contributed by atoms with Gasteiger partial charge in [0.1, 0.15) is 11.2 Å². The summed E-state index contributed by atoms with van der Waals surface area (Å²) in [6, 6.07) is 6.84. The lowest BCUT2D eigenvalue weighted by Crippen LogP contribution is -2.49. The van der Waals surface area contributed by atoms with Crippen molar-refractivity contribution in [3.63, 3.8) is 0 Å². The van der Waals surface area contributed by atoms with Crippen LogP contribution in [0, 0.1) is 5.95 Å². The van der Waals surface area contributed by atoms with Gasteiger partial charge in [0.2, 0.25) is 5.95 Å². The lowest BCUT2D eigenvalue weighted by atomic mass is 10.1. The number of ether oxygens (including phenoxy) is 1. The van der Waals surface area contributed by atoms with Crippen LogP contribution in [0.2, 0.25) is 5.02 Å². The summed E-state index contributed by atoms with van der Waals surface area (Å²) >= 11 is 6.23. The van der Waals surface area contributed by atoms with Crippen molar-refractivity contribution in [2.45, 2.75) is 32.9 Å². The van der Waals surface area contributed by atoms with Gasteiger partial charge in [-0.1, -0.05) is 11.6 Å². The highest BCUT2D eigenvalue weighted by Gasteiger charge is 2.26. The summed E-state index contributed by atoms with van der Waals surface area (Å²) in [5.41, 5.74) is 2.17. The van der Waals surface area contributed by atoms with Crippen LogP contribution in [0.3, 0.4) is 0 Å². The van der Waals surface area contributed by atoms with Gasteiger partial charge in [0.05, 0.1) is 10.7 Å². The van der Waals surface area contributed by atoms with Crippen molar-refractivity contribution in [1.82, 2.24) is 24.8 Å². The number of piperazine rings is 1. The molecule has 0 aliphatic carbocycles. The molecule has 1 saturated heterocycles. The predicted molar refractivity (Wildman–Crippen MR) is 117 cm³/mol. The number of aromatic nitrogens is 3. The number of nitrogens with zero attached hydrogens (tertiary/aromatic N) is 4. The highest BCUT2D eigenvalue weighted by atomic mass is 35.5. The average molecular weight is 446 g/mol. The van der Waals surface area contributed by atoms with Gasteiger partial charge in [-0.3, -0.25) is 4.90 Å². The van der Waals surface area contributed by atoms with E-state index in [1.54, 1.807) is 17.2 Å². The quantitative estimate of drug-likeness (QED) is 0.602. The summed E-state index contributed by atoms with van der Waals surface area (Å²) < 4.78 is 19.7. The van der Waals surface area contributed by atoms with Gasteiger partial charge in [-0.2, -0.15) is 4.39 Å². The van der Waals surface area contributed by atoms with Gasteiger partial charge >= 0.3 is 6.09 Å². The van der Waals surface area contributed by atoms with Crippen LogP contribution in [-0.2, 0) is 11.3 Å². The van der Waals surface area contributed by atoms with E-state index in [9.17, 15) is 9.18 Å². The Hall–Kier alpha value is -2.71. The molecule has 1 fully saturated rings. The lowest BCUT2D eigenvalue weighted by Gasteiger charge is -2.35. The van der Waals surface area contributed by atoms with E-state index in [1.807, 2.05) is 32.9 Å². The Morgan fingerprint density at radius 2 is 1.97 bits per heavy atom. The topological polar surface area (TPSA) is 74.3 Å². The van der Waals surface area contributed by atoms with Gasteiger partial charge < -0.3 is 14.6 Å². The molecule has 1 amide bonds. The molecule has 31 heavy (non-hydrogen) atoms. The third-order valence-corrected chi connectivity index (χ3v) is 5.38. The summed E-state index contributed by atoms with van der Waals surface area (Å²) in [5, 5.41) is 1.38. The number of rotatable bonds is 3. The summed E-state index contributed by atoms with van der Waals surface area (Å²) in [4.78, 5) is 27.6. The first-order valence-corrected chi connectivity index (χ1v) is 10.6. The average Bonchev–Trinajstić information content (AvgIpc) is 3.13. The zero-order chi connectivity index (χ0) is 22.2. The number of hydrogen-bond acceptors (Lipinski definition) is 5. The maximum atomic E-state index is 14.3. The highest BCUT2D eigenvalue weighted by Crippen LogP contribution is 2.28. The van der Waals surface area contributed by atoms with E-state index in [4.69, 9.17) is 16.3 Å². The molecule has 164 valence electrons. The van der Waals surface area contributed by atoms with E-state index in [2.05, 4.69) is 19.9 Å². The first kappa shape index (κ1) is 21.5. The van der Waals surface area contributed by atoms with Crippen LogP contribution in [0.5, 0.6) is 0 Å². The Balaban J connectivity index is 1.45. The maximum absolute atomic E-state index is 14.3. The van der Waals surface area contributed by atoms with Crippen LogP contribution in [0.15, 0.2) is 30.5 Å². The second-order valence-electron chi connectivity index (χ2n) is 8.65. The molecule has 3 aromatic rings. The van der Waals surface area contributed by atoms with E-state index in [0.29, 0.717) is 54.7 Å². The van der Waals surface area contributed by atoms with Crippen LogP contribution in [0.1, 0.15) is 26.5 Å². The number of fused-ring (bicyclic) bond motifs is 1. The van der Waals surface area contributed by atoms with Crippen LogP contribution in [0.4, 0.5) is 9.18 Å². The van der Waals surface area contributed by atoms with Gasteiger partial charge in [0.25, 0.3) is 0 Å². The monoisotopic (exact) mass is 445 g/mol. The number of amides is 1. The molecule has 4 rings (SSSR count). The molecule has 0 unspecified atom stereocenters. The van der Waals surface area contributed by atoms with Gasteiger partial charge in [0, 0.05) is 61.6 Å². The Morgan fingerprint density at radius 1 is 1.23 bits per heavy atom.